The van der Waals surface area contributed by atoms with E-state index in [4.69, 9.17) is 4.74 Å². The van der Waals surface area contributed by atoms with Gasteiger partial charge in [0.25, 0.3) is 0 Å². The van der Waals surface area contributed by atoms with Crippen molar-refractivity contribution in [3.63, 3.8) is 0 Å². The summed E-state index contributed by atoms with van der Waals surface area (Å²) in [5, 5.41) is 3.70. The molecule has 1 aliphatic carbocycles. The summed E-state index contributed by atoms with van der Waals surface area (Å²) in [5.74, 6) is 2.41. The fraction of sp³-hybridized carbons (Fsp3) is 0.519. The van der Waals surface area contributed by atoms with E-state index in [9.17, 15) is 4.79 Å². The number of carbonyl (C=O) groups excluding carboxylic acids is 1. The Labute approximate surface area is 181 Å². The van der Waals surface area contributed by atoms with Crippen molar-refractivity contribution in [3.05, 3.63) is 59.2 Å². The van der Waals surface area contributed by atoms with E-state index >= 15 is 0 Å². The van der Waals surface area contributed by atoms with Gasteiger partial charge in [0, 0.05) is 23.1 Å². The highest BCUT2D eigenvalue weighted by Crippen LogP contribution is 2.36. The van der Waals surface area contributed by atoms with E-state index in [1.807, 2.05) is 24.3 Å². The normalized spacial score (nSPS) is 20.4. The molecule has 1 fully saturated rings. The number of aryl methyl sites for hydroxylation is 1. The van der Waals surface area contributed by atoms with Crippen LogP contribution in [-0.4, -0.2) is 16.9 Å². The van der Waals surface area contributed by atoms with Crippen LogP contribution in [0.5, 0.6) is 11.5 Å². The molecule has 3 nitrogen and oxygen atoms in total. The van der Waals surface area contributed by atoms with Crippen molar-refractivity contribution in [2.24, 2.45) is 5.92 Å². The van der Waals surface area contributed by atoms with E-state index in [0.29, 0.717) is 12.3 Å². The van der Waals surface area contributed by atoms with Crippen molar-refractivity contribution < 1.29 is 9.53 Å². The highest BCUT2D eigenvalue weighted by molar-refractivity contribution is 5.96. The van der Waals surface area contributed by atoms with Gasteiger partial charge in [-0.3, -0.25) is 4.79 Å². The third kappa shape index (κ3) is 4.95. The SMILES string of the molecule is CC1(C)CC(CC(=O)c2ccc(Oc3cccc4c3CCCC4)cc2)CC(C)(C)N1. The third-order valence-corrected chi connectivity index (χ3v) is 6.51. The minimum absolute atomic E-state index is 0.0687. The van der Waals surface area contributed by atoms with E-state index in [0.717, 1.165) is 42.7 Å². The number of nitrogens with one attached hydrogen (secondary N) is 1. The maximum Gasteiger partial charge on any atom is 0.163 e. The Bertz CT molecular complexity index is 895. The smallest absolute Gasteiger partial charge is 0.163 e. The monoisotopic (exact) mass is 405 g/mol. The van der Waals surface area contributed by atoms with Crippen molar-refractivity contribution in [2.45, 2.75) is 83.7 Å². The van der Waals surface area contributed by atoms with Gasteiger partial charge in [0.2, 0.25) is 0 Å². The van der Waals surface area contributed by atoms with Gasteiger partial charge < -0.3 is 10.1 Å². The predicted octanol–water partition coefficient (Wildman–Crippen LogP) is 6.49. The van der Waals surface area contributed by atoms with Gasteiger partial charge in [-0.2, -0.15) is 0 Å². The van der Waals surface area contributed by atoms with Crippen LogP contribution in [0.3, 0.4) is 0 Å². The summed E-state index contributed by atoms with van der Waals surface area (Å²) in [4.78, 5) is 12.9. The second-order valence-corrected chi connectivity index (χ2v) is 10.5. The molecule has 0 amide bonds. The summed E-state index contributed by atoms with van der Waals surface area (Å²) in [7, 11) is 0. The first-order valence-corrected chi connectivity index (χ1v) is 11.4. The minimum Gasteiger partial charge on any atom is -0.457 e. The number of hydrogen-bond donors (Lipinski definition) is 1. The van der Waals surface area contributed by atoms with Gasteiger partial charge in [0.15, 0.2) is 5.78 Å². The second-order valence-electron chi connectivity index (χ2n) is 10.5. The van der Waals surface area contributed by atoms with Crippen LogP contribution >= 0.6 is 0 Å². The first kappa shape index (κ1) is 21.1. The molecule has 4 rings (SSSR count). The summed E-state index contributed by atoms with van der Waals surface area (Å²) in [6.45, 7) is 8.94. The minimum atomic E-state index is 0.0687. The van der Waals surface area contributed by atoms with Crippen LogP contribution in [0.15, 0.2) is 42.5 Å². The number of piperidine rings is 1. The van der Waals surface area contributed by atoms with Crippen molar-refractivity contribution in [3.8, 4) is 11.5 Å². The Morgan fingerprint density at radius 1 is 0.967 bits per heavy atom. The quantitative estimate of drug-likeness (QED) is 0.578. The summed E-state index contributed by atoms with van der Waals surface area (Å²) < 4.78 is 6.20. The van der Waals surface area contributed by atoms with Gasteiger partial charge in [-0.1, -0.05) is 12.1 Å². The summed E-state index contributed by atoms with van der Waals surface area (Å²) in [6.07, 6.45) is 7.39. The molecule has 1 heterocycles. The van der Waals surface area contributed by atoms with E-state index in [-0.39, 0.29) is 16.9 Å². The number of Topliss-reactive ketones (excluding diaryl/α,β-unsaturated/α-hetero) is 1. The average Bonchev–Trinajstić information content (AvgIpc) is 2.66. The number of benzene rings is 2. The lowest BCUT2D eigenvalue weighted by Gasteiger charge is -2.46. The van der Waals surface area contributed by atoms with Crippen LogP contribution in [0.4, 0.5) is 0 Å². The Kier molecular flexibility index (Phi) is 5.76. The molecule has 0 bridgehead atoms. The Morgan fingerprint density at radius 2 is 1.63 bits per heavy atom. The molecule has 1 N–H and O–H groups in total. The zero-order valence-electron chi connectivity index (χ0n) is 18.9. The van der Waals surface area contributed by atoms with Crippen molar-refractivity contribution >= 4 is 5.78 Å². The molecule has 0 atom stereocenters. The highest BCUT2D eigenvalue weighted by Gasteiger charge is 2.38. The molecule has 1 saturated heterocycles. The van der Waals surface area contributed by atoms with Crippen LogP contribution in [0.1, 0.15) is 81.3 Å². The van der Waals surface area contributed by atoms with Gasteiger partial charge in [0.05, 0.1) is 0 Å². The summed E-state index contributed by atoms with van der Waals surface area (Å²) in [6, 6.07) is 14.1. The molecule has 0 unspecified atom stereocenters. The third-order valence-electron chi connectivity index (χ3n) is 6.51. The molecular formula is C27H35NO2. The first-order valence-electron chi connectivity index (χ1n) is 11.4. The molecule has 160 valence electrons. The zero-order valence-corrected chi connectivity index (χ0v) is 18.9. The standard InChI is InChI=1S/C27H35NO2/c1-26(2)17-19(18-27(3,4)28-26)16-24(29)21-12-14-22(15-13-21)30-25-11-7-9-20-8-5-6-10-23(20)25/h7,9,11-15,19,28H,5-6,8,10,16-18H2,1-4H3. The topological polar surface area (TPSA) is 38.3 Å². The van der Waals surface area contributed by atoms with Crippen LogP contribution in [0.2, 0.25) is 0 Å². The van der Waals surface area contributed by atoms with Gasteiger partial charge in [-0.15, -0.1) is 0 Å². The van der Waals surface area contributed by atoms with Crippen LogP contribution in [-0.2, 0) is 12.8 Å². The lowest BCUT2D eigenvalue weighted by atomic mass is 9.74. The number of ketones is 1. The Balaban J connectivity index is 1.42. The number of rotatable bonds is 5. The molecule has 1 aliphatic heterocycles. The van der Waals surface area contributed by atoms with Crippen LogP contribution in [0, 0.1) is 5.92 Å². The van der Waals surface area contributed by atoms with Gasteiger partial charge in [0.1, 0.15) is 11.5 Å². The Hall–Kier alpha value is -2.13. The van der Waals surface area contributed by atoms with E-state index in [2.05, 4.69) is 51.2 Å². The van der Waals surface area contributed by atoms with Crippen molar-refractivity contribution in [2.75, 3.05) is 0 Å². The summed E-state index contributed by atoms with van der Waals surface area (Å²) in [5.41, 5.74) is 3.68. The van der Waals surface area contributed by atoms with Crippen molar-refractivity contribution in [1.29, 1.82) is 0 Å². The van der Waals surface area contributed by atoms with Gasteiger partial charge >= 0.3 is 0 Å². The lowest BCUT2D eigenvalue weighted by molar-refractivity contribution is 0.0864. The molecule has 30 heavy (non-hydrogen) atoms. The van der Waals surface area contributed by atoms with E-state index < -0.39 is 0 Å². The first-order chi connectivity index (χ1) is 14.2. The molecule has 0 radical (unpaired) electrons. The molecule has 0 saturated carbocycles. The van der Waals surface area contributed by atoms with E-state index in [1.54, 1.807) is 0 Å². The number of carbonyl (C=O) groups is 1. The zero-order chi connectivity index (χ0) is 21.4. The summed E-state index contributed by atoms with van der Waals surface area (Å²) >= 11 is 0. The fourth-order valence-electron chi connectivity index (χ4n) is 5.74. The Morgan fingerprint density at radius 3 is 2.33 bits per heavy atom. The maximum atomic E-state index is 12.9. The average molecular weight is 406 g/mol. The van der Waals surface area contributed by atoms with E-state index in [1.165, 1.54) is 24.0 Å². The van der Waals surface area contributed by atoms with Crippen molar-refractivity contribution in [1.82, 2.24) is 5.32 Å². The van der Waals surface area contributed by atoms with Crippen LogP contribution < -0.4 is 10.1 Å². The molecule has 3 heteroatoms. The fourth-order valence-corrected chi connectivity index (χ4v) is 5.74. The molecule has 2 aromatic carbocycles. The molecule has 2 aromatic rings. The largest absolute Gasteiger partial charge is 0.457 e. The number of ether oxygens (including phenoxy) is 1. The second kappa shape index (κ2) is 8.19. The van der Waals surface area contributed by atoms with Gasteiger partial charge in [-0.05, 0) is 114 Å². The number of hydrogen-bond acceptors (Lipinski definition) is 3. The van der Waals surface area contributed by atoms with Crippen LogP contribution in [0.25, 0.3) is 0 Å². The van der Waals surface area contributed by atoms with Gasteiger partial charge in [-0.25, -0.2) is 0 Å². The molecule has 2 aliphatic rings. The highest BCUT2D eigenvalue weighted by atomic mass is 16.5. The predicted molar refractivity (Wildman–Crippen MR) is 123 cm³/mol. The number of fused-ring (bicyclic) bond motifs is 1. The lowest BCUT2D eigenvalue weighted by Crippen LogP contribution is -2.57. The maximum absolute atomic E-state index is 12.9. The molecular weight excluding hydrogens is 370 g/mol. The molecule has 0 spiro atoms. The molecule has 0 aromatic heterocycles.